The Kier molecular flexibility index (Phi) is 12.0. The SMILES string of the molecule is CCCCCCC(=O)N1CCN(CCCOc2cc3ncc(C#N)c(Nc4cc(OC)c(Cl)cc4Cl)c3cc2OC)CC1. The van der Waals surface area contributed by atoms with Crippen LogP contribution in [0.4, 0.5) is 11.4 Å². The van der Waals surface area contributed by atoms with Gasteiger partial charge in [0.05, 0.1) is 53.3 Å². The van der Waals surface area contributed by atoms with E-state index in [4.69, 9.17) is 37.4 Å². The van der Waals surface area contributed by atoms with E-state index in [0.717, 1.165) is 52.0 Å². The van der Waals surface area contributed by atoms with Gasteiger partial charge in [0.1, 0.15) is 11.8 Å². The van der Waals surface area contributed by atoms with Crippen molar-refractivity contribution >= 4 is 51.4 Å². The lowest BCUT2D eigenvalue weighted by molar-refractivity contribution is -0.133. The predicted octanol–water partition coefficient (Wildman–Crippen LogP) is 7.06. The summed E-state index contributed by atoms with van der Waals surface area (Å²) in [6.07, 6.45) is 7.50. The zero-order valence-electron chi connectivity index (χ0n) is 25.0. The number of fused-ring (bicyclic) bond motifs is 1. The molecular weight excluding hydrogens is 589 g/mol. The van der Waals surface area contributed by atoms with Gasteiger partial charge < -0.3 is 24.4 Å². The molecule has 4 rings (SSSR count). The van der Waals surface area contributed by atoms with Crippen molar-refractivity contribution in [2.75, 3.05) is 58.9 Å². The molecule has 230 valence electrons. The quantitative estimate of drug-likeness (QED) is 0.190. The first-order valence-corrected chi connectivity index (χ1v) is 15.5. The number of benzene rings is 2. The Labute approximate surface area is 263 Å². The molecule has 0 unspecified atom stereocenters. The van der Waals surface area contributed by atoms with Gasteiger partial charge in [-0.1, -0.05) is 49.4 Å². The Morgan fingerprint density at radius 3 is 2.44 bits per heavy atom. The third-order valence-corrected chi connectivity index (χ3v) is 8.23. The molecule has 0 atom stereocenters. The van der Waals surface area contributed by atoms with Crippen LogP contribution in [0.1, 0.15) is 51.0 Å². The number of nitrogens with zero attached hydrogens (tertiary/aromatic N) is 4. The summed E-state index contributed by atoms with van der Waals surface area (Å²) in [5, 5.41) is 14.5. The number of carbonyl (C=O) groups is 1. The maximum atomic E-state index is 12.5. The molecular formula is C32H39Cl2N5O4. The van der Waals surface area contributed by atoms with Gasteiger partial charge in [-0.15, -0.1) is 0 Å². The summed E-state index contributed by atoms with van der Waals surface area (Å²) in [7, 11) is 3.10. The average Bonchev–Trinajstić information content (AvgIpc) is 3.02. The lowest BCUT2D eigenvalue weighted by Crippen LogP contribution is -2.48. The summed E-state index contributed by atoms with van der Waals surface area (Å²) in [5.74, 6) is 1.83. The third-order valence-electron chi connectivity index (χ3n) is 7.62. The van der Waals surface area contributed by atoms with Crippen molar-refractivity contribution in [3.8, 4) is 23.3 Å². The van der Waals surface area contributed by atoms with Crippen LogP contribution in [0.3, 0.4) is 0 Å². The van der Waals surface area contributed by atoms with Crippen LogP contribution in [0.5, 0.6) is 17.2 Å². The molecule has 0 bridgehead atoms. The molecule has 1 aliphatic rings. The minimum atomic E-state index is 0.285. The lowest BCUT2D eigenvalue weighted by Gasteiger charge is -2.34. The number of piperazine rings is 1. The smallest absolute Gasteiger partial charge is 0.222 e. The summed E-state index contributed by atoms with van der Waals surface area (Å²) in [6.45, 7) is 6.90. The normalized spacial score (nSPS) is 13.5. The Balaban J connectivity index is 1.38. The number of amides is 1. The van der Waals surface area contributed by atoms with Crippen LogP contribution in [-0.2, 0) is 4.79 Å². The maximum Gasteiger partial charge on any atom is 0.222 e. The van der Waals surface area contributed by atoms with E-state index in [-0.39, 0.29) is 5.91 Å². The second-order valence-electron chi connectivity index (χ2n) is 10.5. The highest BCUT2D eigenvalue weighted by atomic mass is 35.5. The number of anilines is 2. The third kappa shape index (κ3) is 8.35. The number of nitriles is 1. The first-order chi connectivity index (χ1) is 20.9. The van der Waals surface area contributed by atoms with Crippen LogP contribution in [0.2, 0.25) is 10.0 Å². The summed E-state index contributed by atoms with van der Waals surface area (Å²) < 4.78 is 17.1. The second kappa shape index (κ2) is 15.9. The molecule has 1 saturated heterocycles. The fraction of sp³-hybridized carbons (Fsp3) is 0.469. The minimum Gasteiger partial charge on any atom is -0.495 e. The number of hydrogen-bond acceptors (Lipinski definition) is 8. The van der Waals surface area contributed by atoms with Gasteiger partial charge in [-0.2, -0.15) is 5.26 Å². The monoisotopic (exact) mass is 627 g/mol. The van der Waals surface area contributed by atoms with Crippen molar-refractivity contribution in [1.82, 2.24) is 14.8 Å². The number of halogens is 2. The van der Waals surface area contributed by atoms with Crippen LogP contribution in [0.25, 0.3) is 10.9 Å². The zero-order valence-corrected chi connectivity index (χ0v) is 26.6. The largest absolute Gasteiger partial charge is 0.495 e. The van der Waals surface area contributed by atoms with Crippen molar-refractivity contribution in [2.45, 2.75) is 45.4 Å². The van der Waals surface area contributed by atoms with E-state index in [1.54, 1.807) is 25.3 Å². The Morgan fingerprint density at radius 2 is 1.74 bits per heavy atom. The molecule has 0 radical (unpaired) electrons. The summed E-state index contributed by atoms with van der Waals surface area (Å²) in [6, 6.07) is 9.08. The van der Waals surface area contributed by atoms with Crippen molar-refractivity contribution in [2.24, 2.45) is 0 Å². The van der Waals surface area contributed by atoms with E-state index in [2.05, 4.69) is 28.2 Å². The van der Waals surface area contributed by atoms with Gasteiger partial charge in [0.25, 0.3) is 0 Å². The molecule has 9 nitrogen and oxygen atoms in total. The second-order valence-corrected chi connectivity index (χ2v) is 11.3. The fourth-order valence-corrected chi connectivity index (χ4v) is 5.67. The van der Waals surface area contributed by atoms with Gasteiger partial charge in [-0.05, 0) is 25.0 Å². The van der Waals surface area contributed by atoms with E-state index >= 15 is 0 Å². The summed E-state index contributed by atoms with van der Waals surface area (Å²) in [5.41, 5.74) is 2.03. The Hall–Kier alpha value is -3.45. The van der Waals surface area contributed by atoms with Crippen LogP contribution in [-0.4, -0.2) is 74.2 Å². The molecule has 3 aromatic rings. The van der Waals surface area contributed by atoms with Gasteiger partial charge in [-0.3, -0.25) is 14.7 Å². The highest BCUT2D eigenvalue weighted by molar-refractivity contribution is 6.37. The molecule has 11 heteroatoms. The number of unbranched alkanes of at least 4 members (excludes halogenated alkanes) is 3. The van der Waals surface area contributed by atoms with Crippen molar-refractivity contribution < 1.29 is 19.0 Å². The van der Waals surface area contributed by atoms with Crippen molar-refractivity contribution in [3.05, 3.63) is 46.1 Å². The van der Waals surface area contributed by atoms with Crippen LogP contribution >= 0.6 is 23.2 Å². The highest BCUT2D eigenvalue weighted by Crippen LogP contribution is 2.40. The average molecular weight is 629 g/mol. The molecule has 0 aliphatic carbocycles. The van der Waals surface area contributed by atoms with Gasteiger partial charge in [0.15, 0.2) is 11.5 Å². The van der Waals surface area contributed by atoms with Crippen LogP contribution in [0, 0.1) is 11.3 Å². The zero-order chi connectivity index (χ0) is 30.8. The van der Waals surface area contributed by atoms with Crippen molar-refractivity contribution in [1.29, 1.82) is 5.26 Å². The molecule has 1 aromatic heterocycles. The molecule has 1 fully saturated rings. The molecule has 0 saturated carbocycles. The molecule has 2 aromatic carbocycles. The molecule has 43 heavy (non-hydrogen) atoms. The number of nitrogens with one attached hydrogen (secondary N) is 1. The summed E-state index contributed by atoms with van der Waals surface area (Å²) >= 11 is 12.7. The number of aromatic nitrogens is 1. The first kappa shape index (κ1) is 32.5. The number of pyridine rings is 1. The lowest BCUT2D eigenvalue weighted by atomic mass is 10.1. The molecule has 1 N–H and O–H groups in total. The minimum absolute atomic E-state index is 0.285. The van der Waals surface area contributed by atoms with Gasteiger partial charge in [0.2, 0.25) is 5.91 Å². The molecule has 0 spiro atoms. The molecule has 1 aliphatic heterocycles. The number of hydrogen-bond donors (Lipinski definition) is 1. The summed E-state index contributed by atoms with van der Waals surface area (Å²) in [4.78, 5) is 21.3. The molecule has 2 heterocycles. The Bertz CT molecular complexity index is 1450. The Morgan fingerprint density at radius 1 is 0.977 bits per heavy atom. The van der Waals surface area contributed by atoms with Crippen LogP contribution in [0.15, 0.2) is 30.5 Å². The van der Waals surface area contributed by atoms with E-state index in [1.807, 2.05) is 11.0 Å². The molecule has 1 amide bonds. The van der Waals surface area contributed by atoms with Gasteiger partial charge >= 0.3 is 0 Å². The number of methoxy groups -OCH3 is 2. The van der Waals surface area contributed by atoms with Gasteiger partial charge in [-0.25, -0.2) is 0 Å². The number of ether oxygens (including phenoxy) is 3. The standard InChI is InChI=1S/C32H39Cl2N5O4/c1-4-5-6-7-9-31(40)39-13-11-38(12-14-39)10-8-15-43-30-18-26-23(16-29(30)42-3)32(22(20-35)21-36-26)37-27-19-28(41-2)25(34)17-24(27)33/h16-19,21H,4-15H2,1-3H3,(H,36,37). The fourth-order valence-electron chi connectivity index (χ4n) is 5.16. The van der Waals surface area contributed by atoms with E-state index in [0.29, 0.717) is 68.2 Å². The van der Waals surface area contributed by atoms with Crippen molar-refractivity contribution in [3.63, 3.8) is 0 Å². The maximum absolute atomic E-state index is 12.5. The topological polar surface area (TPSA) is 100.0 Å². The first-order valence-electron chi connectivity index (χ1n) is 14.7. The highest BCUT2D eigenvalue weighted by Gasteiger charge is 2.21. The number of rotatable bonds is 14. The van der Waals surface area contributed by atoms with E-state index in [9.17, 15) is 10.1 Å². The van der Waals surface area contributed by atoms with E-state index < -0.39 is 0 Å². The number of carbonyl (C=O) groups excluding carboxylic acids is 1. The van der Waals surface area contributed by atoms with Gasteiger partial charge in [0, 0.05) is 62.9 Å². The predicted molar refractivity (Wildman–Crippen MR) is 171 cm³/mol. The van der Waals surface area contributed by atoms with E-state index in [1.165, 1.54) is 26.1 Å². The van der Waals surface area contributed by atoms with Crippen LogP contribution < -0.4 is 19.5 Å².